The number of aromatic hydroxyl groups is 1. The van der Waals surface area contributed by atoms with Gasteiger partial charge in [-0.05, 0) is 120 Å². The van der Waals surface area contributed by atoms with Gasteiger partial charge in [-0.25, -0.2) is 0 Å². The number of methoxy groups -OCH3 is 1. The Balaban J connectivity index is 1.11. The highest BCUT2D eigenvalue weighted by Crippen LogP contribution is 2.43. The van der Waals surface area contributed by atoms with Crippen molar-refractivity contribution in [3.05, 3.63) is 114 Å². The summed E-state index contributed by atoms with van der Waals surface area (Å²) in [7, 11) is -17.6. The van der Waals surface area contributed by atoms with E-state index in [-0.39, 0.29) is 77.6 Å². The molecule has 0 atom stereocenters. The van der Waals surface area contributed by atoms with Crippen LogP contribution in [0.5, 0.6) is 11.5 Å². The van der Waals surface area contributed by atoms with Crippen LogP contribution in [0.2, 0.25) is 5.28 Å². The number of ether oxygens (including phenoxy) is 1. The summed E-state index contributed by atoms with van der Waals surface area (Å²) in [6, 6.07) is 22.2. The number of rotatable bonds is 15. The van der Waals surface area contributed by atoms with E-state index in [2.05, 4.69) is 56.3 Å². The summed E-state index contributed by atoms with van der Waals surface area (Å²) in [6.45, 7) is 0. The van der Waals surface area contributed by atoms with Crippen LogP contribution in [-0.2, 0) is 40.5 Å². The highest BCUT2D eigenvalue weighted by molar-refractivity contribution is 7.86. The van der Waals surface area contributed by atoms with E-state index in [1.807, 2.05) is 0 Å². The lowest BCUT2D eigenvalue weighted by Gasteiger charge is -2.12. The lowest BCUT2D eigenvalue weighted by Crippen LogP contribution is -2.04. The zero-order valence-electron chi connectivity index (χ0n) is 33.8. The molecule has 1 heterocycles. The maximum atomic E-state index is 12.6. The molecule has 0 saturated carbocycles. The summed E-state index contributed by atoms with van der Waals surface area (Å²) in [5.74, 6) is -0.856. The van der Waals surface area contributed by atoms with Crippen molar-refractivity contribution in [2.24, 2.45) is 30.7 Å². The summed E-state index contributed by atoms with van der Waals surface area (Å²) in [5, 5.41) is 40.5. The van der Waals surface area contributed by atoms with Crippen LogP contribution in [0, 0.1) is 0 Å². The number of benzene rings is 6. The van der Waals surface area contributed by atoms with Crippen LogP contribution in [0.15, 0.2) is 159 Å². The summed E-state index contributed by atoms with van der Waals surface area (Å²) in [4.78, 5) is 9.94. The molecule has 30 heteroatoms. The Labute approximate surface area is 389 Å². The van der Waals surface area contributed by atoms with E-state index in [1.165, 1.54) is 79.9 Å². The first-order valence-electron chi connectivity index (χ1n) is 18.4. The molecule has 350 valence electrons. The monoisotopic (exact) mass is 1030 g/mol. The predicted octanol–water partition coefficient (Wildman–Crippen LogP) is 9.11. The van der Waals surface area contributed by atoms with Crippen molar-refractivity contribution in [1.29, 1.82) is 0 Å². The second-order valence-corrected chi connectivity index (χ2v) is 19.5. The number of phenolic OH excluding ortho intramolecular Hbond substituents is 1. The fourth-order valence-corrected chi connectivity index (χ4v) is 8.25. The molecule has 0 bridgehead atoms. The molecule has 6 aromatic carbocycles. The average molecular weight is 1030 g/mol. The molecule has 7 rings (SSSR count). The summed E-state index contributed by atoms with van der Waals surface area (Å²) < 4.78 is 139. The van der Waals surface area contributed by atoms with Crippen molar-refractivity contribution in [3.63, 3.8) is 0 Å². The molecule has 7 aromatic rings. The highest BCUT2D eigenvalue weighted by atomic mass is 35.5. The van der Waals surface area contributed by atoms with Gasteiger partial charge in [-0.1, -0.05) is 0 Å². The minimum atomic E-state index is -5.06. The zero-order valence-corrected chi connectivity index (χ0v) is 37.9. The molecule has 68 heavy (non-hydrogen) atoms. The largest absolute Gasteiger partial charge is 0.505 e. The number of phenols is 1. The standard InChI is InChI=1S/C38H28ClN11O14S4/c1-64-31-18-24(7-14-29(31)48-49-30-15-8-25(19-32(30)67(58,59)60)46-45-22-4-11-27(12-5-22)66(55,56)57)47-50-34-33(68(61,62)63)17-20-16-23(6-13-28(20)35(34)51)41-38-43-36(39)42-37(44-38)40-21-2-9-26(10-3-21)65(52,53)54/h2-19,51H,1H3,(H,52,53,54)(H,55,56,57)(H,58,59,60)(H,61,62,63)(H2,40,41,42,43,44). The predicted molar refractivity (Wildman–Crippen MR) is 241 cm³/mol. The van der Waals surface area contributed by atoms with Crippen molar-refractivity contribution in [2.75, 3.05) is 17.7 Å². The molecule has 0 unspecified atom stereocenters. The Morgan fingerprint density at radius 1 is 0.515 bits per heavy atom. The lowest BCUT2D eigenvalue weighted by molar-refractivity contribution is 0.416. The molecule has 7 N–H and O–H groups in total. The third-order valence-electron chi connectivity index (χ3n) is 8.93. The molecule has 0 aliphatic carbocycles. The molecule has 0 saturated heterocycles. The second-order valence-electron chi connectivity index (χ2n) is 13.5. The molecular weight excluding hydrogens is 998 g/mol. The van der Waals surface area contributed by atoms with E-state index >= 15 is 0 Å². The van der Waals surface area contributed by atoms with Crippen molar-refractivity contribution >= 4 is 120 Å². The molecule has 0 amide bonds. The zero-order chi connectivity index (χ0) is 49.2. The van der Waals surface area contributed by atoms with Gasteiger partial charge in [0.2, 0.25) is 17.2 Å². The number of hydrogen-bond acceptors (Lipinski definition) is 21. The van der Waals surface area contributed by atoms with Crippen LogP contribution in [0.25, 0.3) is 10.8 Å². The Morgan fingerprint density at radius 3 is 1.60 bits per heavy atom. The van der Waals surface area contributed by atoms with Crippen LogP contribution >= 0.6 is 11.6 Å². The quantitative estimate of drug-likeness (QED) is 0.0371. The summed E-state index contributed by atoms with van der Waals surface area (Å²) >= 11 is 6.10. The van der Waals surface area contributed by atoms with Crippen LogP contribution < -0.4 is 15.4 Å². The number of aromatic nitrogens is 3. The number of azo groups is 3. The van der Waals surface area contributed by atoms with Crippen LogP contribution in [0.1, 0.15) is 0 Å². The number of halogens is 1. The van der Waals surface area contributed by atoms with Gasteiger partial charge in [0, 0.05) is 22.8 Å². The van der Waals surface area contributed by atoms with Gasteiger partial charge in [-0.3, -0.25) is 18.2 Å². The Bertz CT molecular complexity index is 3700. The second kappa shape index (κ2) is 19.0. The Hall–Kier alpha value is -7.48. The molecule has 1 aromatic heterocycles. The fraction of sp³-hybridized carbons (Fsp3) is 0.0263. The molecule has 0 aliphatic heterocycles. The summed E-state index contributed by atoms with van der Waals surface area (Å²) in [5.41, 5.74) is -0.264. The van der Waals surface area contributed by atoms with Gasteiger partial charge in [-0.2, -0.15) is 64.0 Å². The number of nitrogens with zero attached hydrogens (tertiary/aromatic N) is 9. The maximum Gasteiger partial charge on any atom is 0.296 e. The number of nitrogens with one attached hydrogen (secondary N) is 2. The molecule has 0 fully saturated rings. The molecular formula is C38H28ClN11O14S4. The molecule has 25 nitrogen and oxygen atoms in total. The van der Waals surface area contributed by atoms with E-state index in [0.29, 0.717) is 5.69 Å². The van der Waals surface area contributed by atoms with Crippen LogP contribution in [0.3, 0.4) is 0 Å². The Morgan fingerprint density at radius 2 is 1.01 bits per heavy atom. The highest BCUT2D eigenvalue weighted by Gasteiger charge is 2.23. The summed E-state index contributed by atoms with van der Waals surface area (Å²) in [6.07, 6.45) is 0. The first-order chi connectivity index (χ1) is 31.9. The average Bonchev–Trinajstić information content (AvgIpc) is 3.26. The van der Waals surface area contributed by atoms with Crippen molar-refractivity contribution in [2.45, 2.75) is 19.6 Å². The van der Waals surface area contributed by atoms with Gasteiger partial charge in [-0.15, -0.1) is 15.3 Å². The van der Waals surface area contributed by atoms with Gasteiger partial charge in [0.05, 0.1) is 34.0 Å². The van der Waals surface area contributed by atoms with Crippen molar-refractivity contribution in [1.82, 2.24) is 15.0 Å². The SMILES string of the molecule is COc1cc(N=Nc2c(S(=O)(=O)O)cc3cc(Nc4nc(Cl)nc(Nc5ccc(S(=O)(=O)O)cc5)n4)ccc3c2O)ccc1N=Nc1ccc(N=Nc2ccc(S(=O)(=O)O)cc2)cc1S(=O)(=O)O. The molecule has 0 aliphatic rings. The van der Waals surface area contributed by atoms with Crippen molar-refractivity contribution < 1.29 is 61.7 Å². The van der Waals surface area contributed by atoms with Gasteiger partial charge in [0.25, 0.3) is 40.5 Å². The van der Waals surface area contributed by atoms with Crippen LogP contribution in [-0.4, -0.2) is 79.1 Å². The number of hydrogen-bond donors (Lipinski definition) is 7. The normalized spacial score (nSPS) is 12.6. The third kappa shape index (κ3) is 11.7. The van der Waals surface area contributed by atoms with Crippen molar-refractivity contribution in [3.8, 4) is 11.5 Å². The first-order valence-corrected chi connectivity index (χ1v) is 24.5. The minimum Gasteiger partial charge on any atom is -0.505 e. The smallest absolute Gasteiger partial charge is 0.296 e. The van der Waals surface area contributed by atoms with Gasteiger partial charge in [0.15, 0.2) is 5.75 Å². The van der Waals surface area contributed by atoms with E-state index in [4.69, 9.17) is 20.9 Å². The van der Waals surface area contributed by atoms with Gasteiger partial charge >= 0.3 is 0 Å². The maximum absolute atomic E-state index is 12.6. The number of fused-ring (bicyclic) bond motifs is 1. The van der Waals surface area contributed by atoms with Gasteiger partial charge in [0.1, 0.15) is 32.6 Å². The molecule has 0 spiro atoms. The first kappa shape index (κ1) is 48.5. The third-order valence-corrected chi connectivity index (χ3v) is 12.6. The molecule has 0 radical (unpaired) electrons. The van der Waals surface area contributed by atoms with E-state index < -0.39 is 61.7 Å². The lowest BCUT2D eigenvalue weighted by atomic mass is 10.1. The topological polar surface area (TPSA) is 384 Å². The van der Waals surface area contributed by atoms with E-state index in [9.17, 15) is 52.4 Å². The van der Waals surface area contributed by atoms with Gasteiger partial charge < -0.3 is 20.5 Å². The number of anilines is 4. The Kier molecular flexibility index (Phi) is 13.6. The minimum absolute atomic E-state index is 0.00138. The van der Waals surface area contributed by atoms with Crippen LogP contribution in [0.4, 0.5) is 57.4 Å². The van der Waals surface area contributed by atoms with E-state index in [1.54, 1.807) is 0 Å². The fourth-order valence-electron chi connectivity index (χ4n) is 5.83. The van der Waals surface area contributed by atoms with E-state index in [0.717, 1.165) is 36.4 Å².